The van der Waals surface area contributed by atoms with Gasteiger partial charge in [0.15, 0.2) is 5.13 Å². The molecule has 0 atom stereocenters. The van der Waals surface area contributed by atoms with Crippen molar-refractivity contribution in [2.24, 2.45) is 0 Å². The van der Waals surface area contributed by atoms with Crippen LogP contribution in [0.25, 0.3) is 0 Å². The van der Waals surface area contributed by atoms with Crippen molar-refractivity contribution < 1.29 is 0 Å². The predicted molar refractivity (Wildman–Crippen MR) is 55.8 cm³/mol. The first-order valence-corrected chi connectivity index (χ1v) is 4.90. The Kier molecular flexibility index (Phi) is 2.27. The van der Waals surface area contributed by atoms with E-state index in [1.54, 1.807) is 11.3 Å². The van der Waals surface area contributed by atoms with Crippen LogP contribution in [0.2, 0.25) is 0 Å². The van der Waals surface area contributed by atoms with Gasteiger partial charge in [-0.3, -0.25) is 0 Å². The highest BCUT2D eigenvalue weighted by molar-refractivity contribution is 7.15. The maximum Gasteiger partial charge on any atom is 0.180 e. The zero-order valence-electron chi connectivity index (χ0n) is 7.10. The highest BCUT2D eigenvalue weighted by atomic mass is 32.1. The summed E-state index contributed by atoms with van der Waals surface area (Å²) in [6.45, 7) is 0. The van der Waals surface area contributed by atoms with Crippen molar-refractivity contribution in [1.29, 1.82) is 0 Å². The molecule has 66 valence electrons. The number of thiazole rings is 1. The Morgan fingerprint density at radius 1 is 1.23 bits per heavy atom. The van der Waals surface area contributed by atoms with E-state index in [1.807, 2.05) is 24.4 Å². The molecule has 2 N–H and O–H groups in total. The smallest absolute Gasteiger partial charge is 0.180 e. The number of nitrogens with two attached hydrogens (primary N) is 1. The highest BCUT2D eigenvalue weighted by Crippen LogP contribution is 2.17. The zero-order chi connectivity index (χ0) is 9.10. The molecule has 0 unspecified atom stereocenters. The number of benzene rings is 1. The average molecular weight is 190 g/mol. The lowest BCUT2D eigenvalue weighted by atomic mass is 10.1. The van der Waals surface area contributed by atoms with E-state index in [4.69, 9.17) is 5.73 Å². The van der Waals surface area contributed by atoms with Gasteiger partial charge in [-0.05, 0) is 5.56 Å². The molecule has 0 radical (unpaired) electrons. The number of nitrogen functional groups attached to an aromatic ring is 1. The third-order valence-electron chi connectivity index (χ3n) is 1.79. The zero-order valence-corrected chi connectivity index (χ0v) is 7.92. The number of hydrogen-bond acceptors (Lipinski definition) is 3. The van der Waals surface area contributed by atoms with Gasteiger partial charge in [0.2, 0.25) is 0 Å². The van der Waals surface area contributed by atoms with Crippen LogP contribution in [0.3, 0.4) is 0 Å². The van der Waals surface area contributed by atoms with Gasteiger partial charge in [0.1, 0.15) is 0 Å². The first-order chi connectivity index (χ1) is 6.34. The second kappa shape index (κ2) is 3.58. The molecular formula is C10H10N2S. The molecule has 1 aromatic heterocycles. The number of hydrogen-bond donors (Lipinski definition) is 1. The maximum absolute atomic E-state index is 5.54. The predicted octanol–water partition coefficient (Wildman–Crippen LogP) is 2.32. The standard InChI is InChI=1S/C10H10N2S/c11-10-12-7-9(13-10)6-8-4-2-1-3-5-8/h1-5,7H,6H2,(H2,11,12). The van der Waals surface area contributed by atoms with Gasteiger partial charge in [0.05, 0.1) is 0 Å². The van der Waals surface area contributed by atoms with Crippen LogP contribution in [0.1, 0.15) is 10.4 Å². The number of rotatable bonds is 2. The molecule has 0 saturated carbocycles. The van der Waals surface area contributed by atoms with Crippen LogP contribution in [0.15, 0.2) is 36.5 Å². The van der Waals surface area contributed by atoms with Gasteiger partial charge in [0.25, 0.3) is 0 Å². The Hall–Kier alpha value is -1.35. The van der Waals surface area contributed by atoms with Gasteiger partial charge in [-0.15, -0.1) is 11.3 Å². The van der Waals surface area contributed by atoms with Gasteiger partial charge in [0, 0.05) is 17.5 Å². The molecule has 2 aromatic rings. The topological polar surface area (TPSA) is 38.9 Å². The molecular weight excluding hydrogens is 180 g/mol. The molecule has 0 aliphatic heterocycles. The fourth-order valence-electron chi connectivity index (χ4n) is 1.20. The van der Waals surface area contributed by atoms with Gasteiger partial charge in [-0.1, -0.05) is 30.3 Å². The van der Waals surface area contributed by atoms with Crippen LogP contribution < -0.4 is 5.73 Å². The summed E-state index contributed by atoms with van der Waals surface area (Å²) in [5.74, 6) is 0. The summed E-state index contributed by atoms with van der Waals surface area (Å²) in [5, 5.41) is 0.644. The molecule has 1 heterocycles. The second-order valence-corrected chi connectivity index (χ2v) is 3.97. The molecule has 13 heavy (non-hydrogen) atoms. The Bertz CT molecular complexity index is 381. The lowest BCUT2D eigenvalue weighted by Crippen LogP contribution is -1.82. The van der Waals surface area contributed by atoms with Crippen LogP contribution in [0, 0.1) is 0 Å². The molecule has 1 aromatic carbocycles. The molecule has 0 saturated heterocycles. The maximum atomic E-state index is 5.54. The van der Waals surface area contributed by atoms with Crippen LogP contribution >= 0.6 is 11.3 Å². The van der Waals surface area contributed by atoms with Crippen molar-refractivity contribution in [2.75, 3.05) is 5.73 Å². The van der Waals surface area contributed by atoms with Gasteiger partial charge in [-0.2, -0.15) is 0 Å². The minimum atomic E-state index is 0.644. The number of aromatic nitrogens is 1. The van der Waals surface area contributed by atoms with Crippen LogP contribution in [-0.2, 0) is 6.42 Å². The molecule has 0 spiro atoms. The van der Waals surface area contributed by atoms with Crippen molar-refractivity contribution in [3.05, 3.63) is 47.0 Å². The summed E-state index contributed by atoms with van der Waals surface area (Å²) in [6, 6.07) is 10.3. The molecule has 0 aliphatic carbocycles. The third-order valence-corrected chi connectivity index (χ3v) is 2.62. The number of nitrogens with zero attached hydrogens (tertiary/aromatic N) is 1. The SMILES string of the molecule is Nc1ncc(Cc2ccccc2)s1. The van der Waals surface area contributed by atoms with Crippen molar-refractivity contribution in [3.8, 4) is 0 Å². The Labute approximate surface area is 81.1 Å². The normalized spacial score (nSPS) is 10.2. The summed E-state index contributed by atoms with van der Waals surface area (Å²) in [5.41, 5.74) is 6.84. The first-order valence-electron chi connectivity index (χ1n) is 4.09. The summed E-state index contributed by atoms with van der Waals surface area (Å²) < 4.78 is 0. The van der Waals surface area contributed by atoms with Gasteiger partial charge >= 0.3 is 0 Å². The van der Waals surface area contributed by atoms with E-state index in [1.165, 1.54) is 10.4 Å². The minimum absolute atomic E-state index is 0.644. The minimum Gasteiger partial charge on any atom is -0.375 e. The summed E-state index contributed by atoms with van der Waals surface area (Å²) in [4.78, 5) is 5.22. The Morgan fingerprint density at radius 3 is 2.62 bits per heavy atom. The van der Waals surface area contributed by atoms with Crippen LogP contribution in [-0.4, -0.2) is 4.98 Å². The summed E-state index contributed by atoms with van der Waals surface area (Å²) >= 11 is 1.55. The largest absolute Gasteiger partial charge is 0.375 e. The molecule has 3 heteroatoms. The number of anilines is 1. The van der Waals surface area contributed by atoms with E-state index in [9.17, 15) is 0 Å². The summed E-state index contributed by atoms with van der Waals surface area (Å²) in [6.07, 6.45) is 2.77. The van der Waals surface area contributed by atoms with Crippen molar-refractivity contribution >= 4 is 16.5 Å². The third kappa shape index (κ3) is 2.06. The Balaban J connectivity index is 2.15. The molecule has 0 fully saturated rings. The fraction of sp³-hybridized carbons (Fsp3) is 0.100. The molecule has 0 amide bonds. The van der Waals surface area contributed by atoms with E-state index in [-0.39, 0.29) is 0 Å². The fourth-order valence-corrected chi connectivity index (χ4v) is 1.92. The first kappa shape index (κ1) is 8.26. The van der Waals surface area contributed by atoms with E-state index < -0.39 is 0 Å². The van der Waals surface area contributed by atoms with Crippen molar-refractivity contribution in [2.45, 2.75) is 6.42 Å². The summed E-state index contributed by atoms with van der Waals surface area (Å²) in [7, 11) is 0. The van der Waals surface area contributed by atoms with Crippen LogP contribution in [0.4, 0.5) is 5.13 Å². The van der Waals surface area contributed by atoms with E-state index in [0.717, 1.165) is 6.42 Å². The molecule has 0 aliphatic rings. The molecule has 2 nitrogen and oxygen atoms in total. The van der Waals surface area contributed by atoms with E-state index in [2.05, 4.69) is 17.1 Å². The lowest BCUT2D eigenvalue weighted by Gasteiger charge is -1.95. The van der Waals surface area contributed by atoms with Gasteiger partial charge < -0.3 is 5.73 Å². The van der Waals surface area contributed by atoms with E-state index in [0.29, 0.717) is 5.13 Å². The van der Waals surface area contributed by atoms with Crippen molar-refractivity contribution in [3.63, 3.8) is 0 Å². The lowest BCUT2D eigenvalue weighted by molar-refractivity contribution is 1.22. The quantitative estimate of drug-likeness (QED) is 0.789. The average Bonchev–Trinajstić information content (AvgIpc) is 2.53. The second-order valence-electron chi connectivity index (χ2n) is 2.83. The van der Waals surface area contributed by atoms with Crippen molar-refractivity contribution in [1.82, 2.24) is 4.98 Å². The Morgan fingerprint density at radius 2 is 2.00 bits per heavy atom. The monoisotopic (exact) mass is 190 g/mol. The molecule has 0 bridgehead atoms. The van der Waals surface area contributed by atoms with E-state index >= 15 is 0 Å². The van der Waals surface area contributed by atoms with Gasteiger partial charge in [-0.25, -0.2) is 4.98 Å². The highest BCUT2D eigenvalue weighted by Gasteiger charge is 1.99. The van der Waals surface area contributed by atoms with Crippen LogP contribution in [0.5, 0.6) is 0 Å². The molecule has 2 rings (SSSR count).